The van der Waals surface area contributed by atoms with E-state index in [1.807, 2.05) is 155 Å². The van der Waals surface area contributed by atoms with E-state index >= 15 is 0 Å². The molecule has 0 aliphatic heterocycles. The van der Waals surface area contributed by atoms with E-state index in [9.17, 15) is 0 Å². The summed E-state index contributed by atoms with van der Waals surface area (Å²) in [6.07, 6.45) is 21.8. The zero-order chi connectivity index (χ0) is 56.3. The van der Waals surface area contributed by atoms with E-state index in [2.05, 4.69) is 189 Å². The van der Waals surface area contributed by atoms with Gasteiger partial charge in [-0.15, -0.1) is 0 Å². The van der Waals surface area contributed by atoms with Gasteiger partial charge in [0.2, 0.25) is 0 Å². The minimum atomic E-state index is 0.961. The summed E-state index contributed by atoms with van der Waals surface area (Å²) in [5.41, 5.74) is 13.0. The molecule has 0 N–H and O–H groups in total. The van der Waals surface area contributed by atoms with E-state index in [4.69, 9.17) is 0 Å². The van der Waals surface area contributed by atoms with Gasteiger partial charge in [-0.3, -0.25) is 29.9 Å². The van der Waals surface area contributed by atoms with Crippen LogP contribution >= 0.6 is 0 Å². The van der Waals surface area contributed by atoms with Crippen molar-refractivity contribution in [2.45, 2.75) is 55.4 Å². The van der Waals surface area contributed by atoms with E-state index in [1.165, 1.54) is 81.9 Å². The summed E-state index contributed by atoms with van der Waals surface area (Å²) in [4.78, 5) is 25.0. The number of para-hydroxylation sites is 2. The van der Waals surface area contributed by atoms with Gasteiger partial charge in [-0.2, -0.15) is 20.4 Å². The van der Waals surface area contributed by atoms with Crippen molar-refractivity contribution in [3.63, 3.8) is 0 Å². The molecule has 10 nitrogen and oxygen atoms in total. The Labute approximate surface area is 469 Å². The van der Waals surface area contributed by atoms with Gasteiger partial charge in [0.15, 0.2) is 0 Å². The first-order chi connectivity index (χ1) is 39.0. The molecule has 8 heterocycles. The van der Waals surface area contributed by atoms with Crippen molar-refractivity contribution in [1.82, 2.24) is 50.3 Å². The van der Waals surface area contributed by atoms with Crippen LogP contribution < -0.4 is 0 Å². The standard InChI is InChI=1S/6C10H9N.2C5H6N2/c1-8-4-2-6-10-9(8)5-3-7-11-10;1-8-4-2-5-9-6-3-7-11-10(8)9;1-8-3-2-4-9-7-11-6-5-10(8)9;1-8-3-2-4-9-5-6-11-7-10(8)9;1-8-6-11-7-9-4-2-3-5-10(8)9;1-8-6-7-11-10-5-3-2-4-9(8)10;1-5-2-3-6-7-4-5;1-5-3-2-4-6-7-5/h6*2-7H,1H3;2*2-4H,1H3. The van der Waals surface area contributed by atoms with Crippen LogP contribution in [0.2, 0.25) is 0 Å². The number of fused-ring (bicyclic) bond motifs is 6. The lowest BCUT2D eigenvalue weighted by molar-refractivity contribution is 0.980. The molecule has 0 radical (unpaired) electrons. The van der Waals surface area contributed by atoms with Crippen LogP contribution in [0.3, 0.4) is 0 Å². The van der Waals surface area contributed by atoms with Crippen molar-refractivity contribution >= 4 is 65.0 Å². The topological polar surface area (TPSA) is 129 Å². The van der Waals surface area contributed by atoms with Crippen LogP contribution in [0.15, 0.2) is 256 Å². The van der Waals surface area contributed by atoms with Gasteiger partial charge >= 0.3 is 0 Å². The number of rotatable bonds is 0. The minimum Gasteiger partial charge on any atom is -0.264 e. The Morgan fingerprint density at radius 3 is 1.43 bits per heavy atom. The number of hydrogen-bond donors (Lipinski definition) is 0. The molecule has 0 saturated heterocycles. The first-order valence-electron chi connectivity index (χ1n) is 26.3. The highest BCUT2D eigenvalue weighted by molar-refractivity contribution is 5.86. The van der Waals surface area contributed by atoms with Crippen LogP contribution in [0.5, 0.6) is 0 Å². The third kappa shape index (κ3) is 17.5. The second-order valence-electron chi connectivity index (χ2n) is 18.7. The molecule has 8 aromatic heterocycles. The molecule has 10 heteroatoms. The highest BCUT2D eigenvalue weighted by Gasteiger charge is 1.98. The van der Waals surface area contributed by atoms with Crippen LogP contribution in [-0.2, 0) is 0 Å². The second kappa shape index (κ2) is 30.6. The van der Waals surface area contributed by atoms with Gasteiger partial charge in [0, 0.05) is 100 Å². The van der Waals surface area contributed by atoms with Gasteiger partial charge in [-0.05, 0) is 171 Å². The molecule has 0 fully saturated rings. The highest BCUT2D eigenvalue weighted by atomic mass is 15.1. The molecule has 80 heavy (non-hydrogen) atoms. The van der Waals surface area contributed by atoms with Gasteiger partial charge in [0.25, 0.3) is 0 Å². The Hall–Kier alpha value is -10.1. The van der Waals surface area contributed by atoms with Gasteiger partial charge in [0.05, 0.1) is 28.4 Å². The summed E-state index contributed by atoms with van der Waals surface area (Å²) in [5.74, 6) is 0. The molecule has 6 aromatic carbocycles. The maximum Gasteiger partial charge on any atom is 0.0731 e. The lowest BCUT2D eigenvalue weighted by atomic mass is 10.1. The lowest BCUT2D eigenvalue weighted by Gasteiger charge is -1.98. The SMILES string of the molecule is Cc1cccc2cccnc12.Cc1cccc2ccncc12.Cc1cccc2cnccc12.Cc1cccc2ncccc12.Cc1cccnn1.Cc1ccnc2ccccc12.Cc1ccnnc1.Cc1cncc2ccccc12. The predicted octanol–water partition coefficient (Wildman–Crippen LogP) is 16.8. The molecule has 14 rings (SSSR count). The third-order valence-corrected chi connectivity index (χ3v) is 12.7. The quantitative estimate of drug-likeness (QED) is 0.145. The molecule has 0 amide bonds. The molecule has 0 aliphatic rings. The monoisotopic (exact) mass is 1050 g/mol. The van der Waals surface area contributed by atoms with Gasteiger partial charge in [-0.25, -0.2) is 0 Å². The second-order valence-corrected chi connectivity index (χ2v) is 18.7. The fraction of sp³-hybridized carbons (Fsp3) is 0.114. The fourth-order valence-corrected chi connectivity index (χ4v) is 8.31. The number of aromatic nitrogens is 10. The molecular weight excluding hydrogens is 981 g/mol. The van der Waals surface area contributed by atoms with E-state index < -0.39 is 0 Å². The Kier molecular flexibility index (Phi) is 22.1. The van der Waals surface area contributed by atoms with Crippen molar-refractivity contribution in [2.24, 2.45) is 0 Å². The van der Waals surface area contributed by atoms with Crippen LogP contribution in [0.4, 0.5) is 0 Å². The van der Waals surface area contributed by atoms with Crippen LogP contribution in [0.25, 0.3) is 65.0 Å². The number of aryl methyl sites for hydroxylation is 8. The maximum atomic E-state index is 4.28. The lowest BCUT2D eigenvalue weighted by Crippen LogP contribution is -1.80. The molecular formula is C70H66N10. The summed E-state index contributed by atoms with van der Waals surface area (Å²) < 4.78 is 0. The van der Waals surface area contributed by atoms with Crippen molar-refractivity contribution in [3.8, 4) is 0 Å². The fourth-order valence-electron chi connectivity index (χ4n) is 8.31. The Morgan fingerprint density at radius 1 is 0.250 bits per heavy atom. The molecule has 0 atom stereocenters. The summed E-state index contributed by atoms with van der Waals surface area (Å²) >= 11 is 0. The van der Waals surface area contributed by atoms with E-state index in [0.29, 0.717) is 0 Å². The summed E-state index contributed by atoms with van der Waals surface area (Å²) in [7, 11) is 0. The average molecular weight is 1050 g/mol. The number of hydrogen-bond acceptors (Lipinski definition) is 10. The number of pyridine rings is 6. The Balaban J connectivity index is 0.000000133. The Morgan fingerprint density at radius 2 is 0.775 bits per heavy atom. The van der Waals surface area contributed by atoms with Crippen LogP contribution in [0.1, 0.15) is 44.6 Å². The summed E-state index contributed by atoms with van der Waals surface area (Å²) in [6, 6.07) is 61.2. The van der Waals surface area contributed by atoms with Crippen molar-refractivity contribution in [3.05, 3.63) is 301 Å². The predicted molar refractivity (Wildman–Crippen MR) is 332 cm³/mol. The van der Waals surface area contributed by atoms with Gasteiger partial charge < -0.3 is 0 Å². The normalized spacial score (nSPS) is 10.0. The first-order valence-corrected chi connectivity index (χ1v) is 26.3. The van der Waals surface area contributed by atoms with Crippen LogP contribution in [0, 0.1) is 55.4 Å². The van der Waals surface area contributed by atoms with Crippen LogP contribution in [-0.4, -0.2) is 50.3 Å². The smallest absolute Gasteiger partial charge is 0.0731 e. The van der Waals surface area contributed by atoms with Crippen molar-refractivity contribution in [2.75, 3.05) is 0 Å². The highest BCUT2D eigenvalue weighted by Crippen LogP contribution is 2.19. The maximum absolute atomic E-state index is 4.28. The minimum absolute atomic E-state index is 0.961. The zero-order valence-corrected chi connectivity index (χ0v) is 46.7. The molecule has 0 spiro atoms. The van der Waals surface area contributed by atoms with E-state index in [-0.39, 0.29) is 0 Å². The molecule has 0 aliphatic carbocycles. The molecule has 396 valence electrons. The molecule has 0 bridgehead atoms. The zero-order valence-electron chi connectivity index (χ0n) is 46.7. The number of nitrogens with zero attached hydrogens (tertiary/aromatic N) is 10. The largest absolute Gasteiger partial charge is 0.264 e. The van der Waals surface area contributed by atoms with E-state index in [0.717, 1.165) is 27.8 Å². The third-order valence-electron chi connectivity index (χ3n) is 12.7. The summed E-state index contributed by atoms with van der Waals surface area (Å²) in [6.45, 7) is 16.5. The molecule has 14 aromatic rings. The first kappa shape index (κ1) is 57.6. The number of benzene rings is 6. The molecule has 0 saturated carbocycles. The van der Waals surface area contributed by atoms with Crippen molar-refractivity contribution in [1.29, 1.82) is 0 Å². The Bertz CT molecular complexity index is 3470. The average Bonchev–Trinajstić information content (AvgIpc) is 3.51. The van der Waals surface area contributed by atoms with Gasteiger partial charge in [-0.1, -0.05) is 121 Å². The molecule has 0 unspecified atom stereocenters. The summed E-state index contributed by atoms with van der Waals surface area (Å²) in [5, 5.41) is 25.8. The van der Waals surface area contributed by atoms with Crippen molar-refractivity contribution < 1.29 is 0 Å². The van der Waals surface area contributed by atoms with E-state index in [1.54, 1.807) is 18.6 Å². The van der Waals surface area contributed by atoms with Gasteiger partial charge in [0.1, 0.15) is 0 Å².